The van der Waals surface area contributed by atoms with Crippen LogP contribution in [0, 0.1) is 5.92 Å². The zero-order valence-corrected chi connectivity index (χ0v) is 12.6. The van der Waals surface area contributed by atoms with Crippen LogP contribution < -0.4 is 5.32 Å². The minimum atomic E-state index is -0.921. The molecule has 6 heteroatoms. The lowest BCUT2D eigenvalue weighted by molar-refractivity contribution is 0.0470. The van der Waals surface area contributed by atoms with Crippen LogP contribution in [0.3, 0.4) is 0 Å². The molecule has 0 aromatic carbocycles. The second kappa shape index (κ2) is 4.82. The maximum Gasteiger partial charge on any atom is 0.408 e. The summed E-state index contributed by atoms with van der Waals surface area (Å²) in [7, 11) is 0. The van der Waals surface area contributed by atoms with Gasteiger partial charge in [0.2, 0.25) is 0 Å². The summed E-state index contributed by atoms with van der Waals surface area (Å²) in [5.74, 6) is 0.363. The number of hydrogen-bond acceptors (Lipinski definition) is 3. The Balaban J connectivity index is 2.04. The lowest BCUT2D eigenvalue weighted by Gasteiger charge is -2.29. The molecule has 2 amide bonds. The van der Waals surface area contributed by atoms with E-state index in [2.05, 4.69) is 5.32 Å². The topological polar surface area (TPSA) is 78.9 Å². The first-order valence-corrected chi connectivity index (χ1v) is 7.14. The van der Waals surface area contributed by atoms with E-state index in [-0.39, 0.29) is 6.04 Å². The number of carbonyl (C=O) groups is 2. The van der Waals surface area contributed by atoms with Gasteiger partial charge in [-0.3, -0.25) is 0 Å². The van der Waals surface area contributed by atoms with E-state index in [1.807, 2.05) is 27.7 Å². The summed E-state index contributed by atoms with van der Waals surface area (Å²) in [4.78, 5) is 24.7. The molecule has 0 spiro atoms. The third-order valence-electron chi connectivity index (χ3n) is 4.15. The maximum absolute atomic E-state index is 11.9. The number of amides is 2. The second-order valence-electron chi connectivity index (χ2n) is 7.02. The summed E-state index contributed by atoms with van der Waals surface area (Å²) in [5.41, 5.74) is -0.971. The van der Waals surface area contributed by atoms with Crippen molar-refractivity contribution in [3.05, 3.63) is 0 Å². The first-order chi connectivity index (χ1) is 9.13. The summed E-state index contributed by atoms with van der Waals surface area (Å²) >= 11 is 0. The van der Waals surface area contributed by atoms with Crippen LogP contribution in [0.25, 0.3) is 0 Å². The number of nitrogens with zero attached hydrogens (tertiary/aromatic N) is 1. The second-order valence-corrected chi connectivity index (χ2v) is 7.02. The van der Waals surface area contributed by atoms with E-state index in [4.69, 9.17) is 4.74 Å². The minimum Gasteiger partial charge on any atom is -0.465 e. The molecule has 1 saturated heterocycles. The highest BCUT2D eigenvalue weighted by molar-refractivity contribution is 5.70. The van der Waals surface area contributed by atoms with Crippen molar-refractivity contribution in [1.29, 1.82) is 0 Å². The Hall–Kier alpha value is -1.46. The molecule has 0 bridgehead atoms. The molecule has 0 aromatic heterocycles. The van der Waals surface area contributed by atoms with Crippen LogP contribution in [0.15, 0.2) is 0 Å². The number of ether oxygens (including phenoxy) is 1. The zero-order chi connectivity index (χ0) is 15.1. The number of hydrogen-bond donors (Lipinski definition) is 2. The molecule has 1 aliphatic heterocycles. The van der Waals surface area contributed by atoms with Crippen LogP contribution in [0.1, 0.15) is 47.0 Å². The highest BCUT2D eigenvalue weighted by atomic mass is 16.6. The van der Waals surface area contributed by atoms with Crippen molar-refractivity contribution in [2.45, 2.75) is 64.1 Å². The van der Waals surface area contributed by atoms with Gasteiger partial charge in [-0.2, -0.15) is 0 Å². The Morgan fingerprint density at radius 3 is 2.55 bits per heavy atom. The normalized spacial score (nSPS) is 32.9. The Morgan fingerprint density at radius 2 is 2.00 bits per heavy atom. The van der Waals surface area contributed by atoms with Gasteiger partial charge in [-0.15, -0.1) is 0 Å². The predicted octanol–water partition coefficient (Wildman–Crippen LogP) is 2.43. The molecule has 1 heterocycles. The average molecular weight is 284 g/mol. The summed E-state index contributed by atoms with van der Waals surface area (Å²) in [5, 5.41) is 12.2. The minimum absolute atomic E-state index is 0.00221. The first kappa shape index (κ1) is 14.9. The fourth-order valence-electron chi connectivity index (χ4n) is 2.97. The first-order valence-electron chi connectivity index (χ1n) is 7.14. The lowest BCUT2D eigenvalue weighted by Crippen LogP contribution is -2.50. The van der Waals surface area contributed by atoms with Gasteiger partial charge in [-0.1, -0.05) is 0 Å². The van der Waals surface area contributed by atoms with Gasteiger partial charge in [0.25, 0.3) is 0 Å². The number of rotatable bonds is 1. The monoisotopic (exact) mass is 284 g/mol. The van der Waals surface area contributed by atoms with Gasteiger partial charge >= 0.3 is 12.2 Å². The van der Waals surface area contributed by atoms with E-state index in [1.54, 1.807) is 0 Å². The summed E-state index contributed by atoms with van der Waals surface area (Å²) < 4.78 is 5.28. The summed E-state index contributed by atoms with van der Waals surface area (Å²) in [6, 6.07) is -0.00221. The highest BCUT2D eigenvalue weighted by Crippen LogP contribution is 2.49. The van der Waals surface area contributed by atoms with Crippen LogP contribution in [-0.4, -0.2) is 45.9 Å². The molecule has 114 valence electrons. The van der Waals surface area contributed by atoms with Gasteiger partial charge in [0, 0.05) is 12.6 Å². The van der Waals surface area contributed by atoms with Crippen LogP contribution >= 0.6 is 0 Å². The molecule has 0 aromatic rings. The van der Waals surface area contributed by atoms with Crippen molar-refractivity contribution in [1.82, 2.24) is 10.2 Å². The molecule has 3 atom stereocenters. The number of likely N-dealkylation sites (tertiary alicyclic amines) is 1. The van der Waals surface area contributed by atoms with Crippen molar-refractivity contribution in [3.8, 4) is 0 Å². The van der Waals surface area contributed by atoms with Gasteiger partial charge in [-0.25, -0.2) is 9.59 Å². The van der Waals surface area contributed by atoms with E-state index < -0.39 is 23.3 Å². The predicted molar refractivity (Wildman–Crippen MR) is 73.6 cm³/mol. The standard InChI is InChI=1S/C14H24N2O4/c1-9-5-6-10-7-14(10,8-16(9)12(18)19)15-11(17)20-13(2,3)4/h9-10H,5-8H2,1-4H3,(H,15,17)(H,18,19)/t9-,10-,14+/m1/s1. The number of carbonyl (C=O) groups excluding carboxylic acids is 1. The van der Waals surface area contributed by atoms with Gasteiger partial charge in [0.15, 0.2) is 0 Å². The molecule has 0 unspecified atom stereocenters. The summed E-state index contributed by atoms with van der Waals surface area (Å²) in [6.45, 7) is 7.71. The fraction of sp³-hybridized carbons (Fsp3) is 0.857. The zero-order valence-electron chi connectivity index (χ0n) is 12.6. The number of alkyl carbamates (subject to hydrolysis) is 1. The van der Waals surface area contributed by atoms with Gasteiger partial charge < -0.3 is 20.1 Å². The molecule has 20 heavy (non-hydrogen) atoms. The largest absolute Gasteiger partial charge is 0.465 e. The van der Waals surface area contributed by atoms with Crippen LogP contribution in [0.2, 0.25) is 0 Å². The van der Waals surface area contributed by atoms with Gasteiger partial charge in [-0.05, 0) is 52.9 Å². The van der Waals surface area contributed by atoms with E-state index >= 15 is 0 Å². The number of carboxylic acid groups (broad SMARTS) is 1. The smallest absolute Gasteiger partial charge is 0.408 e. The van der Waals surface area contributed by atoms with Crippen LogP contribution in [0.5, 0.6) is 0 Å². The van der Waals surface area contributed by atoms with Gasteiger partial charge in [0.1, 0.15) is 5.60 Å². The van der Waals surface area contributed by atoms with Crippen molar-refractivity contribution in [2.75, 3.05) is 6.54 Å². The third kappa shape index (κ3) is 3.16. The lowest BCUT2D eigenvalue weighted by atomic mass is 10.1. The molecular weight excluding hydrogens is 260 g/mol. The Morgan fingerprint density at radius 1 is 1.35 bits per heavy atom. The molecule has 1 aliphatic carbocycles. The number of nitrogens with one attached hydrogen (secondary N) is 1. The number of fused-ring (bicyclic) bond motifs is 1. The molecule has 2 rings (SSSR count). The van der Waals surface area contributed by atoms with E-state index in [9.17, 15) is 14.7 Å². The fourth-order valence-corrected chi connectivity index (χ4v) is 2.97. The van der Waals surface area contributed by atoms with Gasteiger partial charge in [0.05, 0.1) is 5.54 Å². The Labute approximate surface area is 119 Å². The molecule has 2 N–H and O–H groups in total. The summed E-state index contributed by atoms with van der Waals surface area (Å²) in [6.07, 6.45) is 1.24. The molecule has 0 radical (unpaired) electrons. The molecule has 2 fully saturated rings. The van der Waals surface area contributed by atoms with Crippen LogP contribution in [-0.2, 0) is 4.74 Å². The van der Waals surface area contributed by atoms with E-state index in [0.717, 1.165) is 19.3 Å². The molecular formula is C14H24N2O4. The SMILES string of the molecule is C[C@@H]1CC[C@@H]2C[C@]2(NC(=O)OC(C)(C)C)CN1C(=O)O. The molecule has 6 nitrogen and oxygen atoms in total. The molecule has 1 saturated carbocycles. The average Bonchev–Trinajstić information content (AvgIpc) is 2.93. The quantitative estimate of drug-likeness (QED) is 0.775. The Bertz CT molecular complexity index is 418. The van der Waals surface area contributed by atoms with Crippen molar-refractivity contribution < 1.29 is 19.4 Å². The molecule has 2 aliphatic rings. The van der Waals surface area contributed by atoms with Crippen molar-refractivity contribution in [3.63, 3.8) is 0 Å². The van der Waals surface area contributed by atoms with E-state index in [1.165, 1.54) is 4.90 Å². The Kier molecular flexibility index (Phi) is 3.60. The van der Waals surface area contributed by atoms with E-state index in [0.29, 0.717) is 12.5 Å². The maximum atomic E-state index is 11.9. The highest BCUT2D eigenvalue weighted by Gasteiger charge is 2.58. The van der Waals surface area contributed by atoms with Crippen molar-refractivity contribution in [2.24, 2.45) is 5.92 Å². The van der Waals surface area contributed by atoms with Crippen molar-refractivity contribution >= 4 is 12.2 Å². The third-order valence-corrected chi connectivity index (χ3v) is 4.15. The van der Waals surface area contributed by atoms with Crippen LogP contribution in [0.4, 0.5) is 9.59 Å².